The molecule has 0 aromatic carbocycles. The van der Waals surface area contributed by atoms with Crippen LogP contribution >= 0.6 is 0 Å². The van der Waals surface area contributed by atoms with E-state index in [0.29, 0.717) is 12.0 Å². The van der Waals surface area contributed by atoms with E-state index in [1.807, 2.05) is 0 Å². The molecule has 0 heterocycles. The van der Waals surface area contributed by atoms with Gasteiger partial charge in [-0.2, -0.15) is 0 Å². The van der Waals surface area contributed by atoms with Crippen LogP contribution in [0.3, 0.4) is 0 Å². The van der Waals surface area contributed by atoms with Crippen molar-refractivity contribution in [3.8, 4) is 0 Å². The van der Waals surface area contributed by atoms with Crippen molar-refractivity contribution in [1.29, 1.82) is 0 Å². The number of nitrogens with one attached hydrogen (secondary N) is 1. The van der Waals surface area contributed by atoms with Crippen molar-refractivity contribution >= 4 is 0 Å². The fraction of sp³-hybridized carbons (Fsp3) is 1.00. The Kier molecular flexibility index (Phi) is 4.83. The molecule has 0 bridgehead atoms. The van der Waals surface area contributed by atoms with Gasteiger partial charge in [0.1, 0.15) is 0 Å². The topological polar surface area (TPSA) is 35.5 Å². The van der Waals surface area contributed by atoms with Crippen molar-refractivity contribution < 1.29 is 5.11 Å². The molecule has 0 aromatic rings. The lowest BCUT2D eigenvalue weighted by Gasteiger charge is -2.36. The lowest BCUT2D eigenvalue weighted by molar-refractivity contribution is 0.0267. The predicted octanol–water partition coefficient (Wildman–Crippen LogP) is 1.61. The van der Waals surface area contributed by atoms with E-state index in [0.717, 1.165) is 25.6 Å². The summed E-state index contributed by atoms with van der Waals surface area (Å²) in [5.41, 5.74) is 0. The fourth-order valence-electron chi connectivity index (χ4n) is 2.95. The van der Waals surface area contributed by atoms with Crippen molar-refractivity contribution in [2.75, 3.05) is 20.1 Å². The summed E-state index contributed by atoms with van der Waals surface area (Å²) in [6, 6.07) is 1.20. The maximum absolute atomic E-state index is 10.0. The zero-order chi connectivity index (χ0) is 12.3. The maximum Gasteiger partial charge on any atom is 0.0695 e. The molecule has 17 heavy (non-hydrogen) atoms. The largest absolute Gasteiger partial charge is 0.391 e. The fourth-order valence-corrected chi connectivity index (χ4v) is 2.95. The van der Waals surface area contributed by atoms with Gasteiger partial charge in [-0.15, -0.1) is 0 Å². The Hall–Kier alpha value is -0.120. The van der Waals surface area contributed by atoms with Crippen LogP contribution in [0.4, 0.5) is 0 Å². The number of likely N-dealkylation sites (N-methyl/N-ethyl adjacent to an activating group) is 1. The Balaban J connectivity index is 1.68. The minimum atomic E-state index is -0.0997. The third-order valence-corrected chi connectivity index (χ3v) is 4.19. The Labute approximate surface area is 106 Å². The molecule has 0 radical (unpaired) electrons. The normalized spacial score (nSPS) is 31.8. The molecule has 0 saturated heterocycles. The van der Waals surface area contributed by atoms with E-state index in [1.54, 1.807) is 0 Å². The molecule has 0 aromatic heterocycles. The Morgan fingerprint density at radius 1 is 1.24 bits per heavy atom. The molecular formula is C14H28N2O. The summed E-state index contributed by atoms with van der Waals surface area (Å²) in [5.74, 6) is 0.676. The van der Waals surface area contributed by atoms with E-state index < -0.39 is 0 Å². The number of aliphatic hydroxyl groups excluding tert-OH is 1. The highest BCUT2D eigenvalue weighted by Gasteiger charge is 2.27. The molecule has 3 heteroatoms. The van der Waals surface area contributed by atoms with Crippen LogP contribution in [0.15, 0.2) is 0 Å². The highest BCUT2D eigenvalue weighted by molar-refractivity contribution is 4.84. The highest BCUT2D eigenvalue weighted by atomic mass is 16.3. The molecule has 2 N–H and O–H groups in total. The van der Waals surface area contributed by atoms with Crippen LogP contribution in [-0.4, -0.2) is 48.3 Å². The van der Waals surface area contributed by atoms with Crippen LogP contribution in [0.1, 0.15) is 45.4 Å². The molecule has 3 nitrogen and oxygen atoms in total. The predicted molar refractivity (Wildman–Crippen MR) is 71.1 cm³/mol. The molecular weight excluding hydrogens is 212 g/mol. The van der Waals surface area contributed by atoms with Crippen LogP contribution in [0.5, 0.6) is 0 Å². The standard InChI is InChI=1S/C14H28N2O/c1-11(9-15-12-7-8-12)10-16(2)13-5-3-4-6-14(13)17/h11-15,17H,3-10H2,1-2H3. The summed E-state index contributed by atoms with van der Waals surface area (Å²) in [6.07, 6.45) is 7.26. The summed E-state index contributed by atoms with van der Waals surface area (Å²) in [4.78, 5) is 2.38. The van der Waals surface area contributed by atoms with Gasteiger partial charge in [-0.1, -0.05) is 19.8 Å². The second-order valence-corrected chi connectivity index (χ2v) is 6.15. The van der Waals surface area contributed by atoms with Crippen LogP contribution in [0.2, 0.25) is 0 Å². The van der Waals surface area contributed by atoms with Gasteiger partial charge < -0.3 is 15.3 Å². The van der Waals surface area contributed by atoms with Crippen molar-refractivity contribution in [1.82, 2.24) is 10.2 Å². The lowest BCUT2D eigenvalue weighted by Crippen LogP contribution is -2.46. The van der Waals surface area contributed by atoms with Crippen molar-refractivity contribution in [2.24, 2.45) is 5.92 Å². The third kappa shape index (κ3) is 4.23. The molecule has 2 saturated carbocycles. The first-order valence-corrected chi connectivity index (χ1v) is 7.28. The molecule has 3 atom stereocenters. The van der Waals surface area contributed by atoms with Gasteiger partial charge in [-0.05, 0) is 45.2 Å². The Bertz CT molecular complexity index is 230. The molecule has 3 unspecified atom stereocenters. The number of hydrogen-bond acceptors (Lipinski definition) is 3. The molecule has 100 valence electrons. The van der Waals surface area contributed by atoms with Crippen LogP contribution in [0.25, 0.3) is 0 Å². The van der Waals surface area contributed by atoms with E-state index in [9.17, 15) is 5.11 Å². The Morgan fingerprint density at radius 2 is 1.94 bits per heavy atom. The summed E-state index contributed by atoms with van der Waals surface area (Å²) in [6.45, 7) is 4.53. The van der Waals surface area contributed by atoms with Gasteiger partial charge in [0.2, 0.25) is 0 Å². The average Bonchev–Trinajstić information content (AvgIpc) is 3.10. The number of rotatable bonds is 6. The van der Waals surface area contributed by atoms with Crippen LogP contribution in [-0.2, 0) is 0 Å². The zero-order valence-electron chi connectivity index (χ0n) is 11.4. The van der Waals surface area contributed by atoms with E-state index in [1.165, 1.54) is 32.1 Å². The molecule has 0 amide bonds. The first kappa shape index (κ1) is 13.3. The van der Waals surface area contributed by atoms with Crippen LogP contribution in [0, 0.1) is 5.92 Å². The quantitative estimate of drug-likeness (QED) is 0.740. The van der Waals surface area contributed by atoms with E-state index in [4.69, 9.17) is 0 Å². The summed E-state index contributed by atoms with van der Waals surface area (Å²) >= 11 is 0. The molecule has 2 aliphatic rings. The van der Waals surface area contributed by atoms with Crippen molar-refractivity contribution in [3.05, 3.63) is 0 Å². The number of nitrogens with zero attached hydrogens (tertiary/aromatic N) is 1. The number of hydrogen-bond donors (Lipinski definition) is 2. The minimum Gasteiger partial charge on any atom is -0.391 e. The van der Waals surface area contributed by atoms with Crippen LogP contribution < -0.4 is 5.32 Å². The second-order valence-electron chi connectivity index (χ2n) is 6.15. The molecule has 0 spiro atoms. The molecule has 2 rings (SSSR count). The number of aliphatic hydroxyl groups is 1. The maximum atomic E-state index is 10.0. The second kappa shape index (κ2) is 6.17. The van der Waals surface area contributed by atoms with Crippen molar-refractivity contribution in [3.63, 3.8) is 0 Å². The third-order valence-electron chi connectivity index (χ3n) is 4.19. The molecule has 2 aliphatic carbocycles. The monoisotopic (exact) mass is 240 g/mol. The lowest BCUT2D eigenvalue weighted by atomic mass is 9.91. The first-order valence-electron chi connectivity index (χ1n) is 7.28. The molecule has 0 aliphatic heterocycles. The molecule has 2 fully saturated rings. The van der Waals surface area contributed by atoms with Crippen molar-refractivity contribution in [2.45, 2.75) is 63.6 Å². The van der Waals surface area contributed by atoms with Gasteiger partial charge in [0.05, 0.1) is 6.10 Å². The summed E-state index contributed by atoms with van der Waals surface area (Å²) in [7, 11) is 2.17. The summed E-state index contributed by atoms with van der Waals surface area (Å²) < 4.78 is 0. The van der Waals surface area contributed by atoms with Gasteiger partial charge in [-0.3, -0.25) is 0 Å². The average molecular weight is 240 g/mol. The van der Waals surface area contributed by atoms with E-state index >= 15 is 0 Å². The summed E-state index contributed by atoms with van der Waals surface area (Å²) in [5, 5.41) is 13.6. The SMILES string of the molecule is CC(CNC1CC1)CN(C)C1CCCCC1O. The minimum absolute atomic E-state index is 0.0997. The van der Waals surface area contributed by atoms with Gasteiger partial charge in [0, 0.05) is 18.6 Å². The zero-order valence-corrected chi connectivity index (χ0v) is 11.4. The van der Waals surface area contributed by atoms with Gasteiger partial charge in [0.25, 0.3) is 0 Å². The van der Waals surface area contributed by atoms with Gasteiger partial charge in [-0.25, -0.2) is 0 Å². The van der Waals surface area contributed by atoms with Gasteiger partial charge in [0.15, 0.2) is 0 Å². The first-order chi connectivity index (χ1) is 8.16. The van der Waals surface area contributed by atoms with E-state index in [2.05, 4.69) is 24.2 Å². The van der Waals surface area contributed by atoms with Gasteiger partial charge >= 0.3 is 0 Å². The Morgan fingerprint density at radius 3 is 2.59 bits per heavy atom. The smallest absolute Gasteiger partial charge is 0.0695 e. The van der Waals surface area contributed by atoms with E-state index in [-0.39, 0.29) is 6.10 Å². The highest BCUT2D eigenvalue weighted by Crippen LogP contribution is 2.23.